The lowest BCUT2D eigenvalue weighted by atomic mass is 10.1. The topological polar surface area (TPSA) is 118 Å². The maximum Gasteiger partial charge on any atom is 0.328 e. The third kappa shape index (κ3) is 7.51. The number of aromatic nitrogens is 3. The number of aliphatic carboxylic acids is 2. The smallest absolute Gasteiger partial charge is 0.328 e. The lowest BCUT2D eigenvalue weighted by molar-refractivity contribution is -0.134. The Morgan fingerprint density at radius 1 is 0.944 bits per heavy atom. The first-order chi connectivity index (χ1) is 17.3. The second kappa shape index (κ2) is 12.8. The molecule has 186 valence electrons. The summed E-state index contributed by atoms with van der Waals surface area (Å²) in [6, 6.07) is 22.3. The van der Waals surface area contributed by atoms with Gasteiger partial charge in [-0.15, -0.1) is 0 Å². The highest BCUT2D eigenvalue weighted by Gasteiger charge is 2.14. The zero-order chi connectivity index (χ0) is 25.9. The van der Waals surface area contributed by atoms with Crippen molar-refractivity contribution in [3.8, 4) is 22.7 Å². The third-order valence-corrected chi connectivity index (χ3v) is 4.96. The van der Waals surface area contributed by atoms with Crippen molar-refractivity contribution in [2.45, 2.75) is 6.42 Å². The lowest BCUT2D eigenvalue weighted by Gasteiger charge is -2.10. The summed E-state index contributed by atoms with van der Waals surface area (Å²) in [4.78, 5) is 25.8. The molecule has 4 rings (SSSR count). The molecule has 9 heteroatoms. The Bertz CT molecular complexity index is 1300. The molecule has 0 amide bonds. The maximum absolute atomic E-state index is 9.55. The number of fused-ring (bicyclic) bond motifs is 1. The van der Waals surface area contributed by atoms with E-state index in [4.69, 9.17) is 20.0 Å². The van der Waals surface area contributed by atoms with E-state index in [1.807, 2.05) is 53.2 Å². The Morgan fingerprint density at radius 2 is 1.61 bits per heavy atom. The zero-order valence-electron chi connectivity index (χ0n) is 20.1. The summed E-state index contributed by atoms with van der Waals surface area (Å²) in [5, 5.41) is 21.5. The van der Waals surface area contributed by atoms with E-state index >= 15 is 0 Å². The Hall–Kier alpha value is -4.50. The molecule has 0 unspecified atom stereocenters. The number of nitrogens with zero attached hydrogens (tertiary/aromatic N) is 4. The quantitative estimate of drug-likeness (QED) is 0.267. The number of carboxylic acids is 2. The molecule has 9 nitrogen and oxygen atoms in total. The predicted octanol–water partition coefficient (Wildman–Crippen LogP) is 4.13. The van der Waals surface area contributed by atoms with Crippen LogP contribution in [0.5, 0.6) is 5.75 Å². The fourth-order valence-corrected chi connectivity index (χ4v) is 3.34. The van der Waals surface area contributed by atoms with Gasteiger partial charge in [-0.05, 0) is 56.9 Å². The van der Waals surface area contributed by atoms with E-state index in [0.717, 1.165) is 46.7 Å². The van der Waals surface area contributed by atoms with Crippen LogP contribution in [0.15, 0.2) is 85.1 Å². The van der Waals surface area contributed by atoms with Crippen LogP contribution in [0.4, 0.5) is 0 Å². The molecular weight excluding hydrogens is 460 g/mol. The van der Waals surface area contributed by atoms with E-state index < -0.39 is 11.9 Å². The van der Waals surface area contributed by atoms with E-state index in [0.29, 0.717) is 18.8 Å². The van der Waals surface area contributed by atoms with E-state index in [2.05, 4.69) is 42.2 Å². The van der Waals surface area contributed by atoms with Crippen molar-refractivity contribution in [3.63, 3.8) is 0 Å². The molecule has 0 aliphatic heterocycles. The van der Waals surface area contributed by atoms with Crippen LogP contribution < -0.4 is 4.74 Å². The van der Waals surface area contributed by atoms with Crippen LogP contribution in [-0.2, 0) is 9.59 Å². The Labute approximate surface area is 208 Å². The minimum absolute atomic E-state index is 0.558. The fraction of sp³-hybridized carbons (Fsp3) is 0.185. The van der Waals surface area contributed by atoms with E-state index in [1.165, 1.54) is 0 Å². The summed E-state index contributed by atoms with van der Waals surface area (Å²) in [6.45, 7) is 1.73. The number of hydrogen-bond acceptors (Lipinski definition) is 6. The van der Waals surface area contributed by atoms with E-state index in [9.17, 15) is 9.59 Å². The van der Waals surface area contributed by atoms with Crippen molar-refractivity contribution >= 4 is 23.0 Å². The monoisotopic (exact) mass is 488 g/mol. The first kappa shape index (κ1) is 26.1. The average molecular weight is 489 g/mol. The summed E-state index contributed by atoms with van der Waals surface area (Å²) >= 11 is 0. The molecular formula is C27H28N4O5. The van der Waals surface area contributed by atoms with Crippen molar-refractivity contribution in [2.75, 3.05) is 27.2 Å². The van der Waals surface area contributed by atoms with Gasteiger partial charge in [0, 0.05) is 35.8 Å². The molecule has 2 aromatic carbocycles. The van der Waals surface area contributed by atoms with Crippen LogP contribution in [0.25, 0.3) is 28.0 Å². The largest absolute Gasteiger partial charge is 0.494 e. The molecule has 0 saturated carbocycles. The molecule has 2 heterocycles. The van der Waals surface area contributed by atoms with Gasteiger partial charge in [0.1, 0.15) is 11.4 Å². The highest BCUT2D eigenvalue weighted by atomic mass is 16.5. The summed E-state index contributed by atoms with van der Waals surface area (Å²) in [7, 11) is 4.14. The van der Waals surface area contributed by atoms with Crippen molar-refractivity contribution < 1.29 is 24.5 Å². The molecule has 0 radical (unpaired) electrons. The van der Waals surface area contributed by atoms with Crippen LogP contribution >= 0.6 is 0 Å². The normalized spacial score (nSPS) is 10.9. The first-order valence-electron chi connectivity index (χ1n) is 11.3. The number of benzene rings is 2. The summed E-state index contributed by atoms with van der Waals surface area (Å²) < 4.78 is 7.73. The van der Waals surface area contributed by atoms with Gasteiger partial charge in [-0.1, -0.05) is 30.3 Å². The van der Waals surface area contributed by atoms with Gasteiger partial charge in [-0.3, -0.25) is 0 Å². The molecule has 0 aliphatic carbocycles. The first-order valence-corrected chi connectivity index (χ1v) is 11.3. The van der Waals surface area contributed by atoms with Gasteiger partial charge in [0.15, 0.2) is 5.65 Å². The molecule has 0 bridgehead atoms. The average Bonchev–Trinajstić information content (AvgIpc) is 3.26. The highest BCUT2D eigenvalue weighted by Crippen LogP contribution is 2.28. The predicted molar refractivity (Wildman–Crippen MR) is 137 cm³/mol. The highest BCUT2D eigenvalue weighted by molar-refractivity contribution is 5.92. The summed E-state index contributed by atoms with van der Waals surface area (Å²) in [6.07, 6.45) is 3.92. The number of pyridine rings is 1. The standard InChI is InChI=1S/C23H24N4O.C4H4O4/c1-26(2)16-7-17-28-20-13-11-19(12-14-20)27-23-21(10-6-15-24-23)22(25-27)18-8-4-3-5-9-18;5-3(6)1-2-4(7)8/h3-6,8-15H,7,16-17H2,1-2H3;1-2H,(H,5,6)(H,7,8)/b;2-1-. The summed E-state index contributed by atoms with van der Waals surface area (Å²) in [5.41, 5.74) is 3.83. The number of carbonyl (C=O) groups is 2. The van der Waals surface area contributed by atoms with Crippen LogP contribution in [0, 0.1) is 0 Å². The molecule has 0 aliphatic rings. The van der Waals surface area contributed by atoms with Crippen LogP contribution in [0.2, 0.25) is 0 Å². The van der Waals surface area contributed by atoms with Gasteiger partial charge < -0.3 is 19.8 Å². The van der Waals surface area contributed by atoms with Crippen LogP contribution in [0.3, 0.4) is 0 Å². The van der Waals surface area contributed by atoms with Crippen LogP contribution in [-0.4, -0.2) is 69.1 Å². The molecule has 36 heavy (non-hydrogen) atoms. The molecule has 0 fully saturated rings. The van der Waals surface area contributed by atoms with Crippen molar-refractivity contribution in [1.29, 1.82) is 0 Å². The SMILES string of the molecule is CN(C)CCCOc1ccc(-n2nc(-c3ccccc3)c3cccnc32)cc1.O=C(O)/C=C\C(=O)O. The van der Waals surface area contributed by atoms with Gasteiger partial charge in [0.25, 0.3) is 0 Å². The second-order valence-corrected chi connectivity index (χ2v) is 8.01. The number of hydrogen-bond donors (Lipinski definition) is 2. The Morgan fingerprint density at radius 3 is 2.22 bits per heavy atom. The van der Waals surface area contributed by atoms with Gasteiger partial charge in [-0.2, -0.15) is 5.10 Å². The molecule has 2 aromatic heterocycles. The lowest BCUT2D eigenvalue weighted by Crippen LogP contribution is -2.15. The van der Waals surface area contributed by atoms with Gasteiger partial charge in [0.05, 0.1) is 12.3 Å². The minimum Gasteiger partial charge on any atom is -0.494 e. The Kier molecular flexibility index (Phi) is 9.30. The Balaban J connectivity index is 0.000000392. The van der Waals surface area contributed by atoms with Crippen molar-refractivity contribution in [2.24, 2.45) is 0 Å². The van der Waals surface area contributed by atoms with E-state index in [1.54, 1.807) is 6.20 Å². The molecule has 4 aromatic rings. The van der Waals surface area contributed by atoms with Crippen molar-refractivity contribution in [3.05, 3.63) is 85.1 Å². The maximum atomic E-state index is 9.55. The van der Waals surface area contributed by atoms with E-state index in [-0.39, 0.29) is 0 Å². The second-order valence-electron chi connectivity index (χ2n) is 8.01. The number of rotatable bonds is 9. The molecule has 0 spiro atoms. The van der Waals surface area contributed by atoms with Crippen molar-refractivity contribution in [1.82, 2.24) is 19.7 Å². The van der Waals surface area contributed by atoms with Gasteiger partial charge in [0.2, 0.25) is 0 Å². The molecule has 0 atom stereocenters. The molecule has 2 N–H and O–H groups in total. The number of carboxylic acid groups (broad SMARTS) is 2. The minimum atomic E-state index is -1.26. The zero-order valence-corrected chi connectivity index (χ0v) is 20.1. The third-order valence-electron chi connectivity index (χ3n) is 4.96. The number of ether oxygens (including phenoxy) is 1. The summed E-state index contributed by atoms with van der Waals surface area (Å²) in [5.74, 6) is -1.64. The molecule has 0 saturated heterocycles. The fourth-order valence-electron chi connectivity index (χ4n) is 3.34. The van der Waals surface area contributed by atoms with Crippen LogP contribution in [0.1, 0.15) is 6.42 Å². The van der Waals surface area contributed by atoms with Gasteiger partial charge >= 0.3 is 11.9 Å². The van der Waals surface area contributed by atoms with Gasteiger partial charge in [-0.25, -0.2) is 19.3 Å².